The predicted molar refractivity (Wildman–Crippen MR) is 125 cm³/mol. The molecular formula is C25H31N5O. The summed E-state index contributed by atoms with van der Waals surface area (Å²) in [5.74, 6) is 0.935. The largest absolute Gasteiger partial charge is 0.354 e. The van der Waals surface area contributed by atoms with Gasteiger partial charge in [0.05, 0.1) is 0 Å². The van der Waals surface area contributed by atoms with Crippen LogP contribution in [0.5, 0.6) is 0 Å². The second-order valence-electron chi connectivity index (χ2n) is 8.13. The summed E-state index contributed by atoms with van der Waals surface area (Å²) < 4.78 is 2.18. The number of rotatable bonds is 6. The molecule has 0 spiro atoms. The fourth-order valence-electron chi connectivity index (χ4n) is 4.12. The molecule has 0 saturated carbocycles. The van der Waals surface area contributed by atoms with Gasteiger partial charge in [-0.25, -0.2) is 4.98 Å². The molecule has 0 aliphatic carbocycles. The number of aromatic nitrogens is 2. The van der Waals surface area contributed by atoms with Crippen molar-refractivity contribution in [3.63, 3.8) is 0 Å². The van der Waals surface area contributed by atoms with Crippen LogP contribution >= 0.6 is 0 Å². The minimum absolute atomic E-state index is 0.0766. The molecule has 1 N–H and O–H groups in total. The molecule has 1 aromatic carbocycles. The highest BCUT2D eigenvalue weighted by Crippen LogP contribution is 2.17. The van der Waals surface area contributed by atoms with Crippen molar-refractivity contribution in [2.75, 3.05) is 37.6 Å². The van der Waals surface area contributed by atoms with Crippen LogP contribution in [-0.2, 0) is 6.54 Å². The zero-order valence-corrected chi connectivity index (χ0v) is 18.6. The standard InChI is InChI=1S/C25H31N5O/c1-4-28-13-15-29(16-14-28)24-12-7-21(17-26-24)18-27-25(31)22-8-10-23(11-9-22)30-19(2)5-6-20(30)3/h5-12,17H,4,13-16,18H2,1-3H3,(H,27,31). The Hall–Kier alpha value is -3.12. The molecule has 1 aliphatic rings. The van der Waals surface area contributed by atoms with Gasteiger partial charge in [-0.05, 0) is 68.4 Å². The van der Waals surface area contributed by atoms with E-state index in [1.54, 1.807) is 0 Å². The summed E-state index contributed by atoms with van der Waals surface area (Å²) in [5.41, 5.74) is 5.08. The van der Waals surface area contributed by atoms with Gasteiger partial charge in [-0.2, -0.15) is 0 Å². The quantitative estimate of drug-likeness (QED) is 0.666. The molecule has 0 bridgehead atoms. The summed E-state index contributed by atoms with van der Waals surface area (Å²) in [4.78, 5) is 22.0. The van der Waals surface area contributed by atoms with Crippen molar-refractivity contribution >= 4 is 11.7 Å². The van der Waals surface area contributed by atoms with Crippen LogP contribution in [0.15, 0.2) is 54.7 Å². The molecule has 4 rings (SSSR count). The molecule has 162 valence electrons. The molecule has 6 nitrogen and oxygen atoms in total. The second kappa shape index (κ2) is 9.35. The first-order valence-corrected chi connectivity index (χ1v) is 11.0. The maximum Gasteiger partial charge on any atom is 0.251 e. The monoisotopic (exact) mass is 417 g/mol. The molecule has 3 heterocycles. The minimum Gasteiger partial charge on any atom is -0.354 e. The van der Waals surface area contributed by atoms with Crippen molar-refractivity contribution in [3.8, 4) is 5.69 Å². The van der Waals surface area contributed by atoms with E-state index in [4.69, 9.17) is 0 Å². The normalized spacial score (nSPS) is 14.6. The first-order chi connectivity index (χ1) is 15.0. The van der Waals surface area contributed by atoms with Crippen molar-refractivity contribution in [2.24, 2.45) is 0 Å². The molecule has 0 radical (unpaired) electrons. The van der Waals surface area contributed by atoms with E-state index < -0.39 is 0 Å². The molecule has 1 saturated heterocycles. The van der Waals surface area contributed by atoms with Crippen molar-refractivity contribution in [2.45, 2.75) is 27.3 Å². The fraction of sp³-hybridized carbons (Fsp3) is 0.360. The Morgan fingerprint density at radius 2 is 1.61 bits per heavy atom. The number of hydrogen-bond acceptors (Lipinski definition) is 4. The molecule has 6 heteroatoms. The van der Waals surface area contributed by atoms with Crippen LogP contribution in [0, 0.1) is 13.8 Å². The summed E-state index contributed by atoms with van der Waals surface area (Å²) in [5, 5.41) is 3.00. The van der Waals surface area contributed by atoms with Crippen LogP contribution < -0.4 is 10.2 Å². The van der Waals surface area contributed by atoms with Gasteiger partial charge in [0, 0.05) is 61.6 Å². The molecule has 1 amide bonds. The van der Waals surface area contributed by atoms with Gasteiger partial charge in [-0.3, -0.25) is 4.79 Å². The summed E-state index contributed by atoms with van der Waals surface area (Å²) in [7, 11) is 0. The number of carbonyl (C=O) groups excluding carboxylic acids is 1. The Morgan fingerprint density at radius 3 is 2.19 bits per heavy atom. The van der Waals surface area contributed by atoms with Gasteiger partial charge >= 0.3 is 0 Å². The smallest absolute Gasteiger partial charge is 0.251 e. The van der Waals surface area contributed by atoms with E-state index in [2.05, 4.69) is 69.7 Å². The van der Waals surface area contributed by atoms with Crippen LogP contribution in [0.3, 0.4) is 0 Å². The van der Waals surface area contributed by atoms with E-state index in [1.165, 1.54) is 11.4 Å². The lowest BCUT2D eigenvalue weighted by molar-refractivity contribution is 0.0951. The number of pyridine rings is 1. The number of hydrogen-bond donors (Lipinski definition) is 1. The van der Waals surface area contributed by atoms with Crippen LogP contribution in [0.1, 0.15) is 34.2 Å². The summed E-state index contributed by atoms with van der Waals surface area (Å²) in [6, 6.07) is 16.0. The lowest BCUT2D eigenvalue weighted by Gasteiger charge is -2.34. The number of amides is 1. The van der Waals surface area contributed by atoms with E-state index >= 15 is 0 Å². The van der Waals surface area contributed by atoms with Crippen molar-refractivity contribution in [3.05, 3.63) is 77.2 Å². The van der Waals surface area contributed by atoms with E-state index in [9.17, 15) is 4.79 Å². The van der Waals surface area contributed by atoms with E-state index in [0.717, 1.165) is 49.8 Å². The molecule has 2 aromatic heterocycles. The Morgan fingerprint density at radius 1 is 0.935 bits per heavy atom. The molecule has 0 unspecified atom stereocenters. The zero-order valence-electron chi connectivity index (χ0n) is 18.6. The molecule has 1 fully saturated rings. The van der Waals surface area contributed by atoms with Gasteiger partial charge in [-0.15, -0.1) is 0 Å². The third-order valence-corrected chi connectivity index (χ3v) is 6.06. The lowest BCUT2D eigenvalue weighted by atomic mass is 10.2. The summed E-state index contributed by atoms with van der Waals surface area (Å²) in [6.45, 7) is 12.1. The molecule has 3 aromatic rings. The highest BCUT2D eigenvalue weighted by atomic mass is 16.1. The first kappa shape index (κ1) is 21.1. The van der Waals surface area contributed by atoms with Crippen molar-refractivity contribution in [1.82, 2.24) is 19.8 Å². The maximum absolute atomic E-state index is 12.6. The zero-order chi connectivity index (χ0) is 21.8. The van der Waals surface area contributed by atoms with Crippen LogP contribution in [0.2, 0.25) is 0 Å². The SMILES string of the molecule is CCN1CCN(c2ccc(CNC(=O)c3ccc(-n4c(C)ccc4C)cc3)cn2)CC1. The Labute approximate surface area is 184 Å². The molecular weight excluding hydrogens is 386 g/mol. The summed E-state index contributed by atoms with van der Waals surface area (Å²) in [6.07, 6.45) is 1.86. The van der Waals surface area contributed by atoms with E-state index in [-0.39, 0.29) is 5.91 Å². The Kier molecular flexibility index (Phi) is 6.37. The van der Waals surface area contributed by atoms with E-state index in [0.29, 0.717) is 12.1 Å². The van der Waals surface area contributed by atoms with Crippen LogP contribution in [0.4, 0.5) is 5.82 Å². The number of benzene rings is 1. The van der Waals surface area contributed by atoms with Crippen molar-refractivity contribution in [1.29, 1.82) is 0 Å². The van der Waals surface area contributed by atoms with Crippen LogP contribution in [0.25, 0.3) is 5.69 Å². The average Bonchev–Trinajstić information content (AvgIpc) is 3.16. The first-order valence-electron chi connectivity index (χ1n) is 11.0. The third-order valence-electron chi connectivity index (χ3n) is 6.06. The Bertz CT molecular complexity index is 996. The number of anilines is 1. The van der Waals surface area contributed by atoms with Gasteiger partial charge in [0.2, 0.25) is 0 Å². The number of nitrogens with zero attached hydrogens (tertiary/aromatic N) is 4. The highest BCUT2D eigenvalue weighted by Gasteiger charge is 2.16. The number of piperazine rings is 1. The highest BCUT2D eigenvalue weighted by molar-refractivity contribution is 5.94. The van der Waals surface area contributed by atoms with Gasteiger partial charge in [0.25, 0.3) is 5.91 Å². The van der Waals surface area contributed by atoms with E-state index in [1.807, 2.05) is 30.5 Å². The molecule has 31 heavy (non-hydrogen) atoms. The van der Waals surface area contributed by atoms with Gasteiger partial charge < -0.3 is 19.7 Å². The maximum atomic E-state index is 12.6. The van der Waals surface area contributed by atoms with Gasteiger partial charge in [0.15, 0.2) is 0 Å². The third kappa shape index (κ3) is 4.80. The topological polar surface area (TPSA) is 53.4 Å². The fourth-order valence-corrected chi connectivity index (χ4v) is 4.12. The predicted octanol–water partition coefficient (Wildman–Crippen LogP) is 3.56. The number of aryl methyl sites for hydroxylation is 2. The second-order valence-corrected chi connectivity index (χ2v) is 8.13. The Balaban J connectivity index is 1.32. The minimum atomic E-state index is -0.0766. The summed E-state index contributed by atoms with van der Waals surface area (Å²) >= 11 is 0. The van der Waals surface area contributed by atoms with Crippen molar-refractivity contribution < 1.29 is 4.79 Å². The number of likely N-dealkylation sites (N-methyl/N-ethyl adjacent to an activating group) is 1. The lowest BCUT2D eigenvalue weighted by Crippen LogP contribution is -2.46. The van der Waals surface area contributed by atoms with Gasteiger partial charge in [-0.1, -0.05) is 13.0 Å². The average molecular weight is 418 g/mol. The number of carbonyl (C=O) groups is 1. The van der Waals surface area contributed by atoms with Crippen LogP contribution in [-0.4, -0.2) is 53.1 Å². The van der Waals surface area contributed by atoms with Gasteiger partial charge in [0.1, 0.15) is 5.82 Å². The molecule has 1 aliphatic heterocycles. The molecule has 0 atom stereocenters. The number of nitrogens with one attached hydrogen (secondary N) is 1.